The number of hydrogen-bond acceptors (Lipinski definition) is 1. The molecule has 0 aliphatic carbocycles. The Morgan fingerprint density at radius 1 is 1.58 bits per heavy atom. The van der Waals surface area contributed by atoms with Gasteiger partial charge >= 0.3 is 0 Å². The van der Waals surface area contributed by atoms with Crippen molar-refractivity contribution >= 4 is 38.5 Å². The molecule has 1 unspecified atom stereocenters. The van der Waals surface area contributed by atoms with E-state index in [4.69, 9.17) is 0 Å². The van der Waals surface area contributed by atoms with Crippen LogP contribution in [-0.2, 0) is 0 Å². The van der Waals surface area contributed by atoms with Gasteiger partial charge < -0.3 is 5.11 Å². The van der Waals surface area contributed by atoms with Crippen molar-refractivity contribution in [2.45, 2.75) is 6.10 Å². The standard InChI is InChI=1S/C9H8BrIO/c1-2-9(12)6-3-4-7(10)8(11)5-6/h2-5,9,12H,1H2. The lowest BCUT2D eigenvalue weighted by Gasteiger charge is -2.06. The van der Waals surface area contributed by atoms with E-state index in [1.165, 1.54) is 6.08 Å². The van der Waals surface area contributed by atoms with E-state index < -0.39 is 6.10 Å². The highest BCUT2D eigenvalue weighted by Crippen LogP contribution is 2.23. The summed E-state index contributed by atoms with van der Waals surface area (Å²) in [6, 6.07) is 5.72. The Balaban J connectivity index is 3.04. The van der Waals surface area contributed by atoms with E-state index in [1.54, 1.807) is 0 Å². The van der Waals surface area contributed by atoms with Crippen LogP contribution < -0.4 is 0 Å². The van der Waals surface area contributed by atoms with Crippen molar-refractivity contribution < 1.29 is 5.11 Å². The van der Waals surface area contributed by atoms with Crippen molar-refractivity contribution in [2.24, 2.45) is 0 Å². The average molecular weight is 339 g/mol. The molecule has 1 N–H and O–H groups in total. The molecule has 0 fully saturated rings. The summed E-state index contributed by atoms with van der Waals surface area (Å²) in [5, 5.41) is 9.41. The zero-order chi connectivity index (χ0) is 9.14. The minimum Gasteiger partial charge on any atom is -0.384 e. The summed E-state index contributed by atoms with van der Waals surface area (Å²) in [5.74, 6) is 0. The minimum atomic E-state index is -0.563. The predicted molar refractivity (Wildman–Crippen MR) is 62.0 cm³/mol. The monoisotopic (exact) mass is 338 g/mol. The Morgan fingerprint density at radius 2 is 2.25 bits per heavy atom. The number of benzene rings is 1. The van der Waals surface area contributed by atoms with Crippen LogP contribution in [0.3, 0.4) is 0 Å². The van der Waals surface area contributed by atoms with Gasteiger partial charge in [0.15, 0.2) is 0 Å². The van der Waals surface area contributed by atoms with Gasteiger partial charge in [0.05, 0.1) is 6.10 Å². The number of rotatable bonds is 2. The van der Waals surface area contributed by atoms with Crippen molar-refractivity contribution in [3.05, 3.63) is 44.5 Å². The van der Waals surface area contributed by atoms with Crippen molar-refractivity contribution in [1.29, 1.82) is 0 Å². The lowest BCUT2D eigenvalue weighted by molar-refractivity contribution is 0.229. The van der Waals surface area contributed by atoms with Crippen LogP contribution in [0.25, 0.3) is 0 Å². The third kappa shape index (κ3) is 2.31. The molecule has 1 aromatic rings. The van der Waals surface area contributed by atoms with Crippen molar-refractivity contribution in [3.8, 4) is 0 Å². The third-order valence-electron chi connectivity index (χ3n) is 1.51. The summed E-state index contributed by atoms with van der Waals surface area (Å²) in [7, 11) is 0. The molecular formula is C9H8BrIO. The smallest absolute Gasteiger partial charge is 0.0969 e. The molecule has 0 spiro atoms. The van der Waals surface area contributed by atoms with Gasteiger partial charge in [0.2, 0.25) is 0 Å². The fourth-order valence-electron chi connectivity index (χ4n) is 0.832. The van der Waals surface area contributed by atoms with Crippen LogP contribution >= 0.6 is 38.5 Å². The number of aliphatic hydroxyl groups excluding tert-OH is 1. The summed E-state index contributed by atoms with van der Waals surface area (Å²) < 4.78 is 2.13. The summed E-state index contributed by atoms with van der Waals surface area (Å²) in [4.78, 5) is 0. The van der Waals surface area contributed by atoms with Crippen molar-refractivity contribution in [2.75, 3.05) is 0 Å². The van der Waals surface area contributed by atoms with E-state index in [0.29, 0.717) is 0 Å². The molecule has 0 radical (unpaired) electrons. The molecule has 12 heavy (non-hydrogen) atoms. The van der Waals surface area contributed by atoms with E-state index >= 15 is 0 Å². The van der Waals surface area contributed by atoms with Crippen LogP contribution in [0.2, 0.25) is 0 Å². The van der Waals surface area contributed by atoms with Crippen LogP contribution in [0.5, 0.6) is 0 Å². The summed E-state index contributed by atoms with van der Waals surface area (Å²) in [6.07, 6.45) is 0.950. The first-order chi connectivity index (χ1) is 5.65. The first kappa shape index (κ1) is 10.2. The van der Waals surface area contributed by atoms with Crippen LogP contribution in [0, 0.1) is 3.57 Å². The molecule has 64 valence electrons. The molecule has 1 rings (SSSR count). The lowest BCUT2D eigenvalue weighted by atomic mass is 10.1. The largest absolute Gasteiger partial charge is 0.384 e. The van der Waals surface area contributed by atoms with Crippen LogP contribution in [0.4, 0.5) is 0 Å². The lowest BCUT2D eigenvalue weighted by Crippen LogP contribution is -1.92. The van der Waals surface area contributed by atoms with Crippen molar-refractivity contribution in [3.63, 3.8) is 0 Å². The second kappa shape index (κ2) is 4.39. The molecule has 0 bridgehead atoms. The third-order valence-corrected chi connectivity index (χ3v) is 3.83. The summed E-state index contributed by atoms with van der Waals surface area (Å²) in [6.45, 7) is 3.52. The van der Waals surface area contributed by atoms with Gasteiger partial charge in [-0.15, -0.1) is 6.58 Å². The van der Waals surface area contributed by atoms with E-state index in [-0.39, 0.29) is 0 Å². The molecule has 0 aliphatic rings. The zero-order valence-electron chi connectivity index (χ0n) is 6.30. The molecule has 0 saturated heterocycles. The Labute approximate surface area is 93.8 Å². The molecule has 0 saturated carbocycles. The van der Waals surface area contributed by atoms with Gasteiger partial charge in [0, 0.05) is 8.04 Å². The van der Waals surface area contributed by atoms with E-state index in [2.05, 4.69) is 45.1 Å². The van der Waals surface area contributed by atoms with Crippen LogP contribution in [0.1, 0.15) is 11.7 Å². The number of aliphatic hydroxyl groups is 1. The first-order valence-electron chi connectivity index (χ1n) is 3.40. The van der Waals surface area contributed by atoms with Crippen molar-refractivity contribution in [1.82, 2.24) is 0 Å². The van der Waals surface area contributed by atoms with Gasteiger partial charge in [-0.3, -0.25) is 0 Å². The molecular weight excluding hydrogens is 331 g/mol. The predicted octanol–water partition coefficient (Wildman–Crippen LogP) is 3.27. The summed E-state index contributed by atoms with van der Waals surface area (Å²) in [5.41, 5.74) is 0.873. The average Bonchev–Trinajstić information content (AvgIpc) is 2.08. The van der Waals surface area contributed by atoms with Gasteiger partial charge in [0.25, 0.3) is 0 Å². The Bertz CT molecular complexity index is 299. The van der Waals surface area contributed by atoms with Gasteiger partial charge in [0.1, 0.15) is 0 Å². The molecule has 1 aromatic carbocycles. The number of halogens is 2. The maximum Gasteiger partial charge on any atom is 0.0969 e. The molecule has 3 heteroatoms. The maximum atomic E-state index is 9.41. The van der Waals surface area contributed by atoms with Crippen LogP contribution in [0.15, 0.2) is 35.3 Å². The van der Waals surface area contributed by atoms with Gasteiger partial charge in [-0.2, -0.15) is 0 Å². The van der Waals surface area contributed by atoms with Gasteiger partial charge in [-0.05, 0) is 56.2 Å². The highest BCUT2D eigenvalue weighted by molar-refractivity contribution is 14.1. The SMILES string of the molecule is C=CC(O)c1ccc(Br)c(I)c1. The fraction of sp³-hybridized carbons (Fsp3) is 0.111. The Kier molecular flexibility index (Phi) is 3.74. The van der Waals surface area contributed by atoms with Crippen LogP contribution in [-0.4, -0.2) is 5.11 Å². The second-order valence-electron chi connectivity index (χ2n) is 2.35. The maximum absolute atomic E-state index is 9.41. The normalized spacial score (nSPS) is 12.6. The van der Waals surface area contributed by atoms with Gasteiger partial charge in [-0.1, -0.05) is 12.1 Å². The molecule has 0 amide bonds. The highest BCUT2D eigenvalue weighted by atomic mass is 127. The van der Waals surface area contributed by atoms with E-state index in [9.17, 15) is 5.11 Å². The topological polar surface area (TPSA) is 20.2 Å². The van der Waals surface area contributed by atoms with Gasteiger partial charge in [-0.25, -0.2) is 0 Å². The minimum absolute atomic E-state index is 0.563. The first-order valence-corrected chi connectivity index (χ1v) is 5.28. The molecule has 0 heterocycles. The number of hydrogen-bond donors (Lipinski definition) is 1. The van der Waals surface area contributed by atoms with E-state index in [0.717, 1.165) is 13.6 Å². The highest BCUT2D eigenvalue weighted by Gasteiger charge is 2.04. The molecule has 1 nitrogen and oxygen atoms in total. The molecule has 1 atom stereocenters. The quantitative estimate of drug-likeness (QED) is 0.648. The Hall–Kier alpha value is 0.130. The second-order valence-corrected chi connectivity index (χ2v) is 4.37. The van der Waals surface area contributed by atoms with E-state index in [1.807, 2.05) is 18.2 Å². The zero-order valence-corrected chi connectivity index (χ0v) is 10.0. The Morgan fingerprint density at radius 3 is 2.75 bits per heavy atom. The molecule has 0 aromatic heterocycles. The fourth-order valence-corrected chi connectivity index (χ4v) is 1.62. The molecule has 0 aliphatic heterocycles. The summed E-state index contributed by atoms with van der Waals surface area (Å²) >= 11 is 5.59.